The molecule has 2 aromatic rings. The quantitative estimate of drug-likeness (QED) is 0.653. The van der Waals surface area contributed by atoms with Crippen LogP contribution in [0.15, 0.2) is 30.7 Å². The molecule has 0 spiro atoms. The van der Waals surface area contributed by atoms with Crippen molar-refractivity contribution < 1.29 is 14.4 Å². The number of carbonyl (C=O) groups is 3. The number of carbonyl (C=O) groups excluding carboxylic acids is 3. The van der Waals surface area contributed by atoms with E-state index in [0.717, 1.165) is 63.7 Å². The summed E-state index contributed by atoms with van der Waals surface area (Å²) >= 11 is 0. The number of piperidine rings is 2. The van der Waals surface area contributed by atoms with E-state index in [9.17, 15) is 14.4 Å². The SMILES string of the molecule is CC(=O)N1CCC(C(=O)N2CCC(CCCCNC(=O)c3ccc4nccn4c3)CC2)CC1. The summed E-state index contributed by atoms with van der Waals surface area (Å²) in [6, 6.07) is 3.65. The summed E-state index contributed by atoms with van der Waals surface area (Å²) in [5.41, 5.74) is 1.47. The van der Waals surface area contributed by atoms with E-state index in [-0.39, 0.29) is 23.6 Å². The fourth-order valence-electron chi connectivity index (χ4n) is 5.06. The van der Waals surface area contributed by atoms with E-state index in [2.05, 4.69) is 10.3 Å². The van der Waals surface area contributed by atoms with E-state index in [4.69, 9.17) is 0 Å². The normalized spacial score (nSPS) is 18.0. The molecule has 0 radical (unpaired) electrons. The van der Waals surface area contributed by atoms with Gasteiger partial charge in [0.15, 0.2) is 0 Å². The van der Waals surface area contributed by atoms with Crippen LogP contribution in [0.4, 0.5) is 0 Å². The molecule has 4 heterocycles. The monoisotopic (exact) mass is 453 g/mol. The third-order valence-electron chi connectivity index (χ3n) is 7.19. The highest BCUT2D eigenvalue weighted by molar-refractivity contribution is 5.94. The second kappa shape index (κ2) is 10.8. The summed E-state index contributed by atoms with van der Waals surface area (Å²) in [5, 5.41) is 3.01. The lowest BCUT2D eigenvalue weighted by molar-refractivity contribution is -0.141. The number of aromatic nitrogens is 2. The largest absolute Gasteiger partial charge is 0.352 e. The van der Waals surface area contributed by atoms with Crippen LogP contribution in [-0.2, 0) is 9.59 Å². The van der Waals surface area contributed by atoms with Gasteiger partial charge in [-0.05, 0) is 50.2 Å². The molecule has 1 N–H and O–H groups in total. The number of fused-ring (bicyclic) bond motifs is 1. The van der Waals surface area contributed by atoms with Gasteiger partial charge in [-0.1, -0.05) is 12.8 Å². The van der Waals surface area contributed by atoms with Gasteiger partial charge in [0, 0.05) is 64.2 Å². The van der Waals surface area contributed by atoms with E-state index in [1.807, 2.05) is 26.5 Å². The van der Waals surface area contributed by atoms with E-state index >= 15 is 0 Å². The molecule has 8 nitrogen and oxygen atoms in total. The van der Waals surface area contributed by atoms with Gasteiger partial charge in [0.2, 0.25) is 11.8 Å². The number of hydrogen-bond donors (Lipinski definition) is 1. The minimum absolute atomic E-state index is 0.0495. The highest BCUT2D eigenvalue weighted by atomic mass is 16.2. The van der Waals surface area contributed by atoms with Crippen molar-refractivity contribution in [2.24, 2.45) is 11.8 Å². The first-order valence-corrected chi connectivity index (χ1v) is 12.3. The van der Waals surface area contributed by atoms with Crippen LogP contribution in [0.3, 0.4) is 0 Å². The average molecular weight is 454 g/mol. The molecule has 2 saturated heterocycles. The zero-order valence-corrected chi connectivity index (χ0v) is 19.5. The Bertz CT molecular complexity index is 971. The summed E-state index contributed by atoms with van der Waals surface area (Å²) in [6.45, 7) is 5.39. The standard InChI is InChI=1S/C25H35N5O3/c1-19(31)28-15-9-21(10-16-28)25(33)29-13-7-20(8-14-29)4-2-3-11-27-24(32)22-5-6-23-26-12-17-30(23)18-22/h5-6,12,17-18,20-21H,2-4,7-11,13-16H2,1H3,(H,27,32). The van der Waals surface area contributed by atoms with Gasteiger partial charge in [-0.3, -0.25) is 14.4 Å². The van der Waals surface area contributed by atoms with Gasteiger partial charge in [0.1, 0.15) is 5.65 Å². The molecule has 178 valence electrons. The van der Waals surface area contributed by atoms with Crippen molar-refractivity contribution in [2.75, 3.05) is 32.7 Å². The van der Waals surface area contributed by atoms with Crippen molar-refractivity contribution >= 4 is 23.4 Å². The van der Waals surface area contributed by atoms with Crippen LogP contribution in [0.5, 0.6) is 0 Å². The maximum absolute atomic E-state index is 12.9. The topological polar surface area (TPSA) is 87.0 Å². The van der Waals surface area contributed by atoms with Crippen molar-refractivity contribution in [3.05, 3.63) is 36.3 Å². The fourth-order valence-corrected chi connectivity index (χ4v) is 5.06. The van der Waals surface area contributed by atoms with E-state index < -0.39 is 0 Å². The minimum atomic E-state index is -0.0495. The molecule has 2 aromatic heterocycles. The second-order valence-corrected chi connectivity index (χ2v) is 9.41. The zero-order valence-electron chi connectivity index (χ0n) is 19.5. The van der Waals surface area contributed by atoms with Crippen molar-refractivity contribution in [2.45, 2.75) is 51.9 Å². The Morgan fingerprint density at radius 1 is 1.00 bits per heavy atom. The Kier molecular flexibility index (Phi) is 7.62. The maximum atomic E-state index is 12.9. The number of imidazole rings is 1. The molecule has 0 saturated carbocycles. The Balaban J connectivity index is 1.09. The fraction of sp³-hybridized carbons (Fsp3) is 0.600. The highest BCUT2D eigenvalue weighted by Gasteiger charge is 2.31. The van der Waals surface area contributed by atoms with Gasteiger partial charge >= 0.3 is 0 Å². The predicted octanol–water partition coefficient (Wildman–Crippen LogP) is 2.73. The van der Waals surface area contributed by atoms with Crippen molar-refractivity contribution in [1.82, 2.24) is 24.5 Å². The molecule has 3 amide bonds. The van der Waals surface area contributed by atoms with Crippen molar-refractivity contribution in [3.63, 3.8) is 0 Å². The van der Waals surface area contributed by atoms with Gasteiger partial charge < -0.3 is 19.5 Å². The number of amides is 3. The van der Waals surface area contributed by atoms with E-state index in [0.29, 0.717) is 31.1 Å². The van der Waals surface area contributed by atoms with Crippen LogP contribution < -0.4 is 5.32 Å². The minimum Gasteiger partial charge on any atom is -0.352 e. The third-order valence-corrected chi connectivity index (χ3v) is 7.19. The number of unbranched alkanes of at least 4 members (excludes halogenated alkanes) is 1. The summed E-state index contributed by atoms with van der Waals surface area (Å²) < 4.78 is 1.85. The molecular formula is C25H35N5O3. The van der Waals surface area contributed by atoms with Gasteiger partial charge in [0.05, 0.1) is 5.56 Å². The van der Waals surface area contributed by atoms with Gasteiger partial charge in [-0.2, -0.15) is 0 Å². The van der Waals surface area contributed by atoms with E-state index in [1.165, 1.54) is 0 Å². The molecule has 0 bridgehead atoms. The summed E-state index contributed by atoms with van der Waals surface area (Å²) in [4.78, 5) is 44.8. The maximum Gasteiger partial charge on any atom is 0.252 e. The first-order chi connectivity index (χ1) is 16.0. The lowest BCUT2D eigenvalue weighted by atomic mass is 9.89. The molecule has 4 rings (SSSR count). The van der Waals surface area contributed by atoms with Crippen molar-refractivity contribution in [1.29, 1.82) is 0 Å². The smallest absolute Gasteiger partial charge is 0.252 e. The second-order valence-electron chi connectivity index (χ2n) is 9.41. The van der Waals surface area contributed by atoms with E-state index in [1.54, 1.807) is 25.4 Å². The van der Waals surface area contributed by atoms with Crippen LogP contribution >= 0.6 is 0 Å². The molecule has 2 aliphatic heterocycles. The Hall–Kier alpha value is -2.90. The van der Waals surface area contributed by atoms with Gasteiger partial charge in [-0.25, -0.2) is 4.98 Å². The molecule has 2 fully saturated rings. The van der Waals surface area contributed by atoms with Gasteiger partial charge in [0.25, 0.3) is 5.91 Å². The van der Waals surface area contributed by atoms with Crippen LogP contribution in [0, 0.1) is 11.8 Å². The number of nitrogens with zero attached hydrogens (tertiary/aromatic N) is 4. The first-order valence-electron chi connectivity index (χ1n) is 12.3. The Morgan fingerprint density at radius 2 is 1.73 bits per heavy atom. The van der Waals surface area contributed by atoms with Crippen molar-refractivity contribution in [3.8, 4) is 0 Å². The number of nitrogens with one attached hydrogen (secondary N) is 1. The molecular weight excluding hydrogens is 418 g/mol. The van der Waals surface area contributed by atoms with Gasteiger partial charge in [-0.15, -0.1) is 0 Å². The molecule has 0 aromatic carbocycles. The summed E-state index contributed by atoms with van der Waals surface area (Å²) in [6.07, 6.45) is 12.3. The summed E-state index contributed by atoms with van der Waals surface area (Å²) in [7, 11) is 0. The Labute approximate surface area is 195 Å². The third kappa shape index (κ3) is 5.92. The molecule has 8 heteroatoms. The van der Waals surface area contributed by atoms with Crippen LogP contribution in [0.2, 0.25) is 0 Å². The number of hydrogen-bond acceptors (Lipinski definition) is 4. The zero-order chi connectivity index (χ0) is 23.2. The predicted molar refractivity (Wildman–Crippen MR) is 126 cm³/mol. The molecule has 0 unspecified atom stereocenters. The lowest BCUT2D eigenvalue weighted by Gasteiger charge is -2.37. The van der Waals surface area contributed by atoms with Crippen LogP contribution in [0.1, 0.15) is 62.2 Å². The average Bonchev–Trinajstić information content (AvgIpc) is 3.32. The number of pyridine rings is 1. The Morgan fingerprint density at radius 3 is 2.45 bits per heavy atom. The first kappa shape index (κ1) is 23.3. The number of likely N-dealkylation sites (tertiary alicyclic amines) is 2. The highest BCUT2D eigenvalue weighted by Crippen LogP contribution is 2.26. The summed E-state index contributed by atoms with van der Waals surface area (Å²) in [5.74, 6) is 1.08. The molecule has 2 aliphatic rings. The van der Waals surface area contributed by atoms with Crippen LogP contribution in [0.25, 0.3) is 5.65 Å². The van der Waals surface area contributed by atoms with Crippen LogP contribution in [-0.4, -0.2) is 69.6 Å². The number of rotatable bonds is 7. The molecule has 0 aliphatic carbocycles. The lowest BCUT2D eigenvalue weighted by Crippen LogP contribution is -2.46. The molecule has 33 heavy (non-hydrogen) atoms. The molecule has 0 atom stereocenters.